The molecule has 0 saturated carbocycles. The van der Waals surface area contributed by atoms with Crippen molar-refractivity contribution < 1.29 is 9.90 Å². The summed E-state index contributed by atoms with van der Waals surface area (Å²) in [6.07, 6.45) is 9.09. The number of aromatic carboxylic acids is 1. The van der Waals surface area contributed by atoms with E-state index in [1.807, 2.05) is 18.3 Å². The lowest BCUT2D eigenvalue weighted by Gasteiger charge is -2.37. The van der Waals surface area contributed by atoms with Crippen molar-refractivity contribution in [3.63, 3.8) is 0 Å². The van der Waals surface area contributed by atoms with Crippen LogP contribution < -0.4 is 5.32 Å². The quantitative estimate of drug-likeness (QED) is 0.830. The molecule has 2 N–H and O–H groups in total. The van der Waals surface area contributed by atoms with Crippen LogP contribution in [0.3, 0.4) is 0 Å². The zero-order valence-electron chi connectivity index (χ0n) is 11.9. The highest BCUT2D eigenvalue weighted by Crippen LogP contribution is 2.49. The summed E-state index contributed by atoms with van der Waals surface area (Å²) in [5.74, 6) is -0.211. The predicted molar refractivity (Wildman–Crippen MR) is 84.0 cm³/mol. The minimum Gasteiger partial charge on any atom is -0.478 e. The van der Waals surface area contributed by atoms with Crippen LogP contribution in [0.25, 0.3) is 0 Å². The minimum absolute atomic E-state index is 0.205. The molecule has 3 atom stereocenters. The Morgan fingerprint density at radius 3 is 3.00 bits per heavy atom. The number of fused-ring (bicyclic) bond motifs is 3. The van der Waals surface area contributed by atoms with E-state index in [1.165, 1.54) is 5.56 Å². The Bertz CT molecular complexity index is 755. The van der Waals surface area contributed by atoms with Gasteiger partial charge in [0.25, 0.3) is 0 Å². The van der Waals surface area contributed by atoms with E-state index in [-0.39, 0.29) is 12.0 Å². The van der Waals surface area contributed by atoms with Crippen LogP contribution in [-0.2, 0) is 0 Å². The Morgan fingerprint density at radius 1 is 1.32 bits per heavy atom. The van der Waals surface area contributed by atoms with Crippen molar-refractivity contribution >= 4 is 11.7 Å². The van der Waals surface area contributed by atoms with Crippen molar-refractivity contribution in [1.82, 2.24) is 4.98 Å². The van der Waals surface area contributed by atoms with Gasteiger partial charge in [-0.25, -0.2) is 4.79 Å². The van der Waals surface area contributed by atoms with Crippen molar-refractivity contribution in [3.05, 3.63) is 71.6 Å². The second-order valence-corrected chi connectivity index (χ2v) is 5.87. The van der Waals surface area contributed by atoms with Gasteiger partial charge in [0.1, 0.15) is 0 Å². The number of carboxylic acids is 1. The van der Waals surface area contributed by atoms with Gasteiger partial charge in [0.15, 0.2) is 0 Å². The van der Waals surface area contributed by atoms with E-state index in [0.717, 1.165) is 17.7 Å². The number of aromatic nitrogens is 1. The Morgan fingerprint density at radius 2 is 2.23 bits per heavy atom. The van der Waals surface area contributed by atoms with Crippen molar-refractivity contribution in [1.29, 1.82) is 0 Å². The monoisotopic (exact) mass is 292 g/mol. The number of nitrogens with one attached hydrogen (secondary N) is 1. The topological polar surface area (TPSA) is 62.2 Å². The van der Waals surface area contributed by atoms with Gasteiger partial charge in [0.05, 0.1) is 11.6 Å². The maximum absolute atomic E-state index is 11.2. The van der Waals surface area contributed by atoms with Crippen molar-refractivity contribution in [2.75, 3.05) is 5.32 Å². The van der Waals surface area contributed by atoms with E-state index < -0.39 is 5.97 Å². The SMILES string of the molecule is O=C(O)c1ccc2c(c1)C1C=CCC1[C@@H](c1cccnc1)N2. The number of anilines is 1. The third kappa shape index (κ3) is 1.99. The van der Waals surface area contributed by atoms with Crippen LogP contribution in [-0.4, -0.2) is 16.1 Å². The fraction of sp³-hybridized carbons (Fsp3) is 0.222. The standard InChI is InChI=1S/C18H16N2O2/c21-18(22)11-6-7-16-15(9-11)13-4-1-5-14(13)17(20-16)12-3-2-8-19-10-12/h1-4,6-10,13-14,17,20H,5H2,(H,21,22)/t13?,14?,17-/m1/s1. The third-order valence-corrected chi connectivity index (χ3v) is 4.65. The Balaban J connectivity index is 1.79. The predicted octanol–water partition coefficient (Wildman–Crippen LogP) is 3.61. The Labute approximate surface area is 128 Å². The largest absolute Gasteiger partial charge is 0.478 e. The van der Waals surface area contributed by atoms with Gasteiger partial charge in [-0.1, -0.05) is 18.2 Å². The van der Waals surface area contributed by atoms with Gasteiger partial charge in [0, 0.05) is 24.0 Å². The van der Waals surface area contributed by atoms with E-state index in [4.69, 9.17) is 0 Å². The molecule has 1 aromatic carbocycles. The van der Waals surface area contributed by atoms with Crippen LogP contribution in [0.4, 0.5) is 5.69 Å². The third-order valence-electron chi connectivity index (χ3n) is 4.65. The lowest BCUT2D eigenvalue weighted by Crippen LogP contribution is -2.29. The average molecular weight is 292 g/mol. The minimum atomic E-state index is -0.879. The summed E-state index contributed by atoms with van der Waals surface area (Å²) in [7, 11) is 0. The summed E-state index contributed by atoms with van der Waals surface area (Å²) >= 11 is 0. The molecule has 0 bridgehead atoms. The van der Waals surface area contributed by atoms with Gasteiger partial charge >= 0.3 is 5.97 Å². The van der Waals surface area contributed by atoms with Gasteiger partial charge in [-0.15, -0.1) is 0 Å². The second-order valence-electron chi connectivity index (χ2n) is 5.87. The fourth-order valence-electron chi connectivity index (χ4n) is 3.62. The number of carbonyl (C=O) groups is 1. The van der Waals surface area contributed by atoms with Crippen LogP contribution in [0.5, 0.6) is 0 Å². The lowest BCUT2D eigenvalue weighted by molar-refractivity contribution is 0.0696. The van der Waals surface area contributed by atoms with Gasteiger partial charge in [0.2, 0.25) is 0 Å². The molecule has 4 nitrogen and oxygen atoms in total. The first kappa shape index (κ1) is 13.1. The molecule has 2 aromatic rings. The molecule has 0 saturated heterocycles. The summed E-state index contributed by atoms with van der Waals surface area (Å²) in [6.45, 7) is 0. The van der Waals surface area contributed by atoms with Crippen LogP contribution >= 0.6 is 0 Å². The molecule has 2 aliphatic rings. The number of allylic oxidation sites excluding steroid dienone is 2. The molecule has 110 valence electrons. The number of benzene rings is 1. The van der Waals surface area contributed by atoms with E-state index >= 15 is 0 Å². The highest BCUT2D eigenvalue weighted by atomic mass is 16.4. The number of rotatable bonds is 2. The second kappa shape index (κ2) is 4.98. The molecule has 1 aliphatic heterocycles. The van der Waals surface area contributed by atoms with Crippen LogP contribution in [0.15, 0.2) is 54.9 Å². The smallest absolute Gasteiger partial charge is 0.335 e. The van der Waals surface area contributed by atoms with E-state index in [2.05, 4.69) is 28.5 Å². The normalized spacial score (nSPS) is 25.2. The maximum atomic E-state index is 11.2. The number of carboxylic acid groups (broad SMARTS) is 1. The molecule has 0 spiro atoms. The van der Waals surface area contributed by atoms with Crippen LogP contribution in [0, 0.1) is 5.92 Å². The lowest BCUT2D eigenvalue weighted by atomic mass is 9.77. The molecule has 0 radical (unpaired) electrons. The van der Waals surface area contributed by atoms with E-state index in [9.17, 15) is 9.90 Å². The van der Waals surface area contributed by atoms with Crippen molar-refractivity contribution in [2.45, 2.75) is 18.4 Å². The summed E-state index contributed by atoms with van der Waals surface area (Å²) in [4.78, 5) is 15.4. The molecule has 0 amide bonds. The molecule has 1 aromatic heterocycles. The molecule has 2 heterocycles. The summed E-state index contributed by atoms with van der Waals surface area (Å²) in [6, 6.07) is 9.60. The highest BCUT2D eigenvalue weighted by Gasteiger charge is 2.38. The first-order valence-electron chi connectivity index (χ1n) is 7.44. The average Bonchev–Trinajstić information content (AvgIpc) is 3.04. The van der Waals surface area contributed by atoms with E-state index in [0.29, 0.717) is 11.5 Å². The van der Waals surface area contributed by atoms with Gasteiger partial charge in [-0.2, -0.15) is 0 Å². The first-order chi connectivity index (χ1) is 10.7. The Kier molecular flexibility index (Phi) is 2.96. The molecule has 0 fully saturated rings. The number of pyridine rings is 1. The molecule has 4 heteroatoms. The molecule has 2 unspecified atom stereocenters. The molecule has 1 aliphatic carbocycles. The summed E-state index contributed by atoms with van der Waals surface area (Å²) in [5.41, 5.74) is 3.62. The first-order valence-corrected chi connectivity index (χ1v) is 7.44. The Hall–Kier alpha value is -2.62. The summed E-state index contributed by atoms with van der Waals surface area (Å²) < 4.78 is 0. The zero-order valence-corrected chi connectivity index (χ0v) is 11.9. The molecular weight excluding hydrogens is 276 g/mol. The van der Waals surface area contributed by atoms with E-state index in [1.54, 1.807) is 18.3 Å². The number of hydrogen-bond donors (Lipinski definition) is 2. The number of hydrogen-bond acceptors (Lipinski definition) is 3. The number of nitrogens with zero attached hydrogens (tertiary/aromatic N) is 1. The molecule has 22 heavy (non-hydrogen) atoms. The zero-order chi connectivity index (χ0) is 15.1. The van der Waals surface area contributed by atoms with Gasteiger partial charge in [-0.3, -0.25) is 4.98 Å². The van der Waals surface area contributed by atoms with Crippen molar-refractivity contribution in [2.24, 2.45) is 5.92 Å². The van der Waals surface area contributed by atoms with Crippen molar-refractivity contribution in [3.8, 4) is 0 Å². The molecular formula is C18H16N2O2. The van der Waals surface area contributed by atoms with Gasteiger partial charge in [-0.05, 0) is 47.7 Å². The molecule has 4 rings (SSSR count). The maximum Gasteiger partial charge on any atom is 0.335 e. The van der Waals surface area contributed by atoms with Crippen LogP contribution in [0.2, 0.25) is 0 Å². The van der Waals surface area contributed by atoms with Crippen LogP contribution in [0.1, 0.15) is 39.9 Å². The fourth-order valence-corrected chi connectivity index (χ4v) is 3.62. The highest BCUT2D eigenvalue weighted by molar-refractivity contribution is 5.89. The summed E-state index contributed by atoms with van der Waals surface area (Å²) in [5, 5.41) is 12.8. The van der Waals surface area contributed by atoms with Gasteiger partial charge < -0.3 is 10.4 Å².